The standard InChI is InChI=1S/C15H20O2/c1-15(2,3)11-6-7-12-13(8-11)17-14(9-16-12)10-4-5-10/h6-8,10,14H,4-5,9H2,1-3H3. The first-order valence-electron chi connectivity index (χ1n) is 6.48. The largest absolute Gasteiger partial charge is 0.486 e. The molecule has 0 spiro atoms. The lowest BCUT2D eigenvalue weighted by Crippen LogP contribution is -2.31. The van der Waals surface area contributed by atoms with E-state index < -0.39 is 0 Å². The zero-order chi connectivity index (χ0) is 12.0. The molecule has 1 aromatic rings. The highest BCUT2D eigenvalue weighted by Crippen LogP contribution is 2.41. The van der Waals surface area contributed by atoms with Gasteiger partial charge in [0, 0.05) is 0 Å². The molecule has 0 amide bonds. The number of hydrogen-bond donors (Lipinski definition) is 0. The summed E-state index contributed by atoms with van der Waals surface area (Å²) >= 11 is 0. The van der Waals surface area contributed by atoms with Gasteiger partial charge in [-0.1, -0.05) is 26.8 Å². The van der Waals surface area contributed by atoms with Crippen LogP contribution in [0.3, 0.4) is 0 Å². The van der Waals surface area contributed by atoms with Crippen molar-refractivity contribution in [1.29, 1.82) is 0 Å². The van der Waals surface area contributed by atoms with E-state index in [4.69, 9.17) is 9.47 Å². The summed E-state index contributed by atoms with van der Waals surface area (Å²) in [6, 6.07) is 6.32. The molecule has 1 heterocycles. The molecule has 1 aliphatic carbocycles. The van der Waals surface area contributed by atoms with Gasteiger partial charge in [-0.15, -0.1) is 0 Å². The summed E-state index contributed by atoms with van der Waals surface area (Å²) in [6.07, 6.45) is 2.86. The topological polar surface area (TPSA) is 18.5 Å². The maximum atomic E-state index is 6.07. The van der Waals surface area contributed by atoms with E-state index >= 15 is 0 Å². The smallest absolute Gasteiger partial charge is 0.162 e. The normalized spacial score (nSPS) is 23.6. The molecule has 1 aliphatic heterocycles. The number of fused-ring (bicyclic) bond motifs is 1. The molecule has 2 aliphatic rings. The predicted molar refractivity (Wildman–Crippen MR) is 67.8 cm³/mol. The predicted octanol–water partition coefficient (Wildman–Crippen LogP) is 3.53. The van der Waals surface area contributed by atoms with E-state index in [1.165, 1.54) is 18.4 Å². The Morgan fingerprint density at radius 2 is 1.88 bits per heavy atom. The average molecular weight is 232 g/mol. The minimum absolute atomic E-state index is 0.158. The maximum Gasteiger partial charge on any atom is 0.162 e. The van der Waals surface area contributed by atoms with Crippen LogP contribution >= 0.6 is 0 Å². The van der Waals surface area contributed by atoms with Crippen LogP contribution < -0.4 is 9.47 Å². The van der Waals surface area contributed by atoms with E-state index in [0.29, 0.717) is 6.61 Å². The molecule has 1 unspecified atom stereocenters. The summed E-state index contributed by atoms with van der Waals surface area (Å²) in [5, 5.41) is 0. The van der Waals surface area contributed by atoms with Crippen LogP contribution in [0.15, 0.2) is 18.2 Å². The monoisotopic (exact) mass is 232 g/mol. The summed E-state index contributed by atoms with van der Waals surface area (Å²) in [4.78, 5) is 0. The van der Waals surface area contributed by atoms with Crippen LogP contribution in [0.25, 0.3) is 0 Å². The molecule has 0 bridgehead atoms. The first-order valence-corrected chi connectivity index (χ1v) is 6.48. The van der Waals surface area contributed by atoms with Gasteiger partial charge in [-0.3, -0.25) is 0 Å². The molecule has 1 saturated carbocycles. The molecule has 0 radical (unpaired) electrons. The number of ether oxygens (including phenoxy) is 2. The third-order valence-electron chi connectivity index (χ3n) is 3.64. The number of benzene rings is 1. The van der Waals surface area contributed by atoms with E-state index in [2.05, 4.69) is 32.9 Å². The van der Waals surface area contributed by atoms with Crippen molar-refractivity contribution in [2.24, 2.45) is 5.92 Å². The third kappa shape index (κ3) is 2.13. The highest BCUT2D eigenvalue weighted by Gasteiger charge is 2.36. The van der Waals surface area contributed by atoms with Crippen LogP contribution in [0.2, 0.25) is 0 Å². The molecule has 3 rings (SSSR count). The SMILES string of the molecule is CC(C)(C)c1ccc2c(c1)OC(C1CC1)CO2. The quantitative estimate of drug-likeness (QED) is 0.737. The lowest BCUT2D eigenvalue weighted by atomic mass is 9.87. The van der Waals surface area contributed by atoms with Crippen LogP contribution in [0.5, 0.6) is 11.5 Å². The van der Waals surface area contributed by atoms with Gasteiger partial charge < -0.3 is 9.47 Å². The second-order valence-electron chi connectivity index (χ2n) is 6.22. The van der Waals surface area contributed by atoms with Crippen molar-refractivity contribution in [2.75, 3.05) is 6.61 Å². The summed E-state index contributed by atoms with van der Waals surface area (Å²) in [5.74, 6) is 2.55. The zero-order valence-electron chi connectivity index (χ0n) is 10.8. The molecule has 2 heteroatoms. The Morgan fingerprint density at radius 1 is 1.12 bits per heavy atom. The molecule has 2 nitrogen and oxygen atoms in total. The molecule has 92 valence electrons. The van der Waals surface area contributed by atoms with E-state index in [0.717, 1.165) is 17.4 Å². The Hall–Kier alpha value is -1.18. The molecule has 17 heavy (non-hydrogen) atoms. The molecular formula is C15H20O2. The van der Waals surface area contributed by atoms with E-state index in [9.17, 15) is 0 Å². The third-order valence-corrected chi connectivity index (χ3v) is 3.64. The Labute approximate surface area is 103 Å². The van der Waals surface area contributed by atoms with Crippen LogP contribution in [-0.4, -0.2) is 12.7 Å². The highest BCUT2D eigenvalue weighted by molar-refractivity contribution is 5.46. The van der Waals surface area contributed by atoms with Crippen molar-refractivity contribution in [1.82, 2.24) is 0 Å². The van der Waals surface area contributed by atoms with Crippen LogP contribution in [0.1, 0.15) is 39.2 Å². The van der Waals surface area contributed by atoms with Gasteiger partial charge in [0.25, 0.3) is 0 Å². The second kappa shape index (κ2) is 3.66. The fourth-order valence-electron chi connectivity index (χ4n) is 2.26. The van der Waals surface area contributed by atoms with Crippen molar-refractivity contribution < 1.29 is 9.47 Å². The highest BCUT2D eigenvalue weighted by atomic mass is 16.6. The summed E-state index contributed by atoms with van der Waals surface area (Å²) in [5.41, 5.74) is 1.46. The Bertz CT molecular complexity index is 427. The Kier molecular flexibility index (Phi) is 2.35. The van der Waals surface area contributed by atoms with Crippen LogP contribution in [-0.2, 0) is 5.41 Å². The summed E-state index contributed by atoms with van der Waals surface area (Å²) < 4.78 is 11.8. The van der Waals surface area contributed by atoms with E-state index in [1.807, 2.05) is 6.07 Å². The minimum atomic E-state index is 0.158. The van der Waals surface area contributed by atoms with Gasteiger partial charge in [-0.2, -0.15) is 0 Å². The first kappa shape index (κ1) is 10.9. The van der Waals surface area contributed by atoms with Gasteiger partial charge in [0.1, 0.15) is 12.7 Å². The molecular weight excluding hydrogens is 212 g/mol. The molecule has 1 atom stereocenters. The van der Waals surface area contributed by atoms with Gasteiger partial charge >= 0.3 is 0 Å². The van der Waals surface area contributed by atoms with Crippen molar-refractivity contribution in [3.63, 3.8) is 0 Å². The molecule has 0 saturated heterocycles. The van der Waals surface area contributed by atoms with Gasteiger partial charge in [0.05, 0.1) is 0 Å². The fraction of sp³-hybridized carbons (Fsp3) is 0.600. The van der Waals surface area contributed by atoms with E-state index in [1.54, 1.807) is 0 Å². The lowest BCUT2D eigenvalue weighted by Gasteiger charge is -2.28. The summed E-state index contributed by atoms with van der Waals surface area (Å²) in [7, 11) is 0. The molecule has 0 aromatic heterocycles. The fourth-order valence-corrected chi connectivity index (χ4v) is 2.26. The molecule has 1 aromatic carbocycles. The van der Waals surface area contributed by atoms with Crippen LogP contribution in [0.4, 0.5) is 0 Å². The molecule has 0 N–H and O–H groups in total. The Morgan fingerprint density at radius 3 is 2.53 bits per heavy atom. The average Bonchev–Trinajstić information content (AvgIpc) is 3.10. The lowest BCUT2D eigenvalue weighted by molar-refractivity contribution is 0.0755. The number of rotatable bonds is 1. The van der Waals surface area contributed by atoms with Gasteiger partial charge in [-0.25, -0.2) is 0 Å². The van der Waals surface area contributed by atoms with Gasteiger partial charge in [0.15, 0.2) is 11.5 Å². The number of hydrogen-bond acceptors (Lipinski definition) is 2. The molecule has 1 fully saturated rings. The Balaban J connectivity index is 1.88. The minimum Gasteiger partial charge on any atom is -0.486 e. The zero-order valence-corrected chi connectivity index (χ0v) is 10.8. The van der Waals surface area contributed by atoms with Crippen molar-refractivity contribution in [3.05, 3.63) is 23.8 Å². The van der Waals surface area contributed by atoms with Gasteiger partial charge in [-0.05, 0) is 41.9 Å². The second-order valence-corrected chi connectivity index (χ2v) is 6.22. The van der Waals surface area contributed by atoms with Crippen molar-refractivity contribution in [3.8, 4) is 11.5 Å². The van der Waals surface area contributed by atoms with Crippen LogP contribution in [0, 0.1) is 5.92 Å². The van der Waals surface area contributed by atoms with Gasteiger partial charge in [0.2, 0.25) is 0 Å². The first-order chi connectivity index (χ1) is 8.04. The maximum absolute atomic E-state index is 6.07. The van der Waals surface area contributed by atoms with Crippen molar-refractivity contribution in [2.45, 2.75) is 45.1 Å². The van der Waals surface area contributed by atoms with E-state index in [-0.39, 0.29) is 11.5 Å². The van der Waals surface area contributed by atoms with Crippen molar-refractivity contribution >= 4 is 0 Å². The summed E-state index contributed by atoms with van der Waals surface area (Å²) in [6.45, 7) is 7.37.